The highest BCUT2D eigenvalue weighted by Crippen LogP contribution is 2.25. The van der Waals surface area contributed by atoms with Gasteiger partial charge in [0.25, 0.3) is 0 Å². The van der Waals surface area contributed by atoms with Gasteiger partial charge in [0.2, 0.25) is 0 Å². The molecule has 6 nitrogen and oxygen atoms in total. The molecule has 0 aliphatic heterocycles. The smallest absolute Gasteiger partial charge is 0.422 e. The summed E-state index contributed by atoms with van der Waals surface area (Å²) < 4.78 is 7.09. The van der Waals surface area contributed by atoms with Gasteiger partial charge in [0.15, 0.2) is 5.65 Å². The Morgan fingerprint density at radius 2 is 1.95 bits per heavy atom. The zero-order valence-corrected chi connectivity index (χ0v) is 11.5. The van der Waals surface area contributed by atoms with Gasteiger partial charge in [-0.05, 0) is 39.8 Å². The highest BCUT2D eigenvalue weighted by Gasteiger charge is 2.40. The van der Waals surface area contributed by atoms with Gasteiger partial charge in [0.05, 0.1) is 16.8 Å². The third-order valence-electron chi connectivity index (χ3n) is 3.46. The van der Waals surface area contributed by atoms with E-state index in [1.807, 2.05) is 0 Å². The van der Waals surface area contributed by atoms with E-state index in [-0.39, 0.29) is 0 Å². The SMILES string of the molecule is CC(C)(O)C(C)(C)OB(O)c1cccc2ncnn12. The van der Waals surface area contributed by atoms with E-state index in [2.05, 4.69) is 10.1 Å². The predicted octanol–water partition coefficient (Wildman–Crippen LogP) is -0.0171. The van der Waals surface area contributed by atoms with Crippen molar-refractivity contribution in [1.29, 1.82) is 0 Å². The van der Waals surface area contributed by atoms with Gasteiger partial charge in [0.1, 0.15) is 6.33 Å². The molecule has 102 valence electrons. The molecule has 0 unspecified atom stereocenters. The quantitative estimate of drug-likeness (QED) is 0.758. The predicted molar refractivity (Wildman–Crippen MR) is 72.1 cm³/mol. The average Bonchev–Trinajstić information content (AvgIpc) is 2.73. The van der Waals surface area contributed by atoms with Gasteiger partial charge in [-0.2, -0.15) is 5.10 Å². The average molecular weight is 263 g/mol. The minimum atomic E-state index is -1.20. The lowest BCUT2D eigenvalue weighted by Gasteiger charge is -2.38. The molecule has 2 N–H and O–H groups in total. The minimum Gasteiger partial charge on any atom is -0.422 e. The number of hydrogen-bond acceptors (Lipinski definition) is 5. The van der Waals surface area contributed by atoms with Gasteiger partial charge in [0, 0.05) is 0 Å². The summed E-state index contributed by atoms with van der Waals surface area (Å²) in [7, 11) is -1.20. The van der Waals surface area contributed by atoms with Crippen molar-refractivity contribution in [3.8, 4) is 0 Å². The first-order valence-electron chi connectivity index (χ1n) is 6.09. The standard InChI is InChI=1S/C12H18BN3O3/c1-11(2,17)12(3,4)19-13(18)9-6-5-7-10-14-8-15-16(9)10/h5-8,17-18H,1-4H3. The molecule has 0 radical (unpaired) electrons. The fourth-order valence-corrected chi connectivity index (χ4v) is 1.54. The molecule has 0 aromatic carbocycles. The Morgan fingerprint density at radius 3 is 2.58 bits per heavy atom. The second-order valence-corrected chi connectivity index (χ2v) is 5.52. The molecule has 7 heteroatoms. The molecule has 2 heterocycles. The molecule has 2 rings (SSSR count). The van der Waals surface area contributed by atoms with Crippen LogP contribution >= 0.6 is 0 Å². The maximum atomic E-state index is 10.2. The van der Waals surface area contributed by atoms with E-state index in [9.17, 15) is 10.1 Å². The number of aliphatic hydroxyl groups is 1. The Morgan fingerprint density at radius 1 is 1.26 bits per heavy atom. The van der Waals surface area contributed by atoms with Crippen LogP contribution in [0.4, 0.5) is 0 Å². The summed E-state index contributed by atoms with van der Waals surface area (Å²) in [5.41, 5.74) is -0.923. The number of rotatable bonds is 4. The fraction of sp³-hybridized carbons (Fsp3) is 0.500. The first kappa shape index (κ1) is 14.0. The van der Waals surface area contributed by atoms with Crippen molar-refractivity contribution in [3.63, 3.8) is 0 Å². The van der Waals surface area contributed by atoms with Gasteiger partial charge in [-0.3, -0.25) is 0 Å². The molecule has 0 aliphatic rings. The molecular weight excluding hydrogens is 245 g/mol. The number of pyridine rings is 1. The van der Waals surface area contributed by atoms with Crippen LogP contribution in [0.15, 0.2) is 24.5 Å². The summed E-state index contributed by atoms with van der Waals surface area (Å²) in [6.07, 6.45) is 1.41. The van der Waals surface area contributed by atoms with Crippen LogP contribution in [-0.2, 0) is 4.65 Å². The monoisotopic (exact) mass is 263 g/mol. The Balaban J connectivity index is 2.30. The van der Waals surface area contributed by atoms with E-state index in [0.29, 0.717) is 11.2 Å². The van der Waals surface area contributed by atoms with E-state index < -0.39 is 18.3 Å². The summed E-state index contributed by atoms with van der Waals surface area (Å²) in [4.78, 5) is 4.04. The van der Waals surface area contributed by atoms with Gasteiger partial charge in [-0.25, -0.2) is 9.50 Å². The zero-order valence-electron chi connectivity index (χ0n) is 11.5. The second-order valence-electron chi connectivity index (χ2n) is 5.52. The lowest BCUT2D eigenvalue weighted by Crippen LogP contribution is -2.54. The second kappa shape index (κ2) is 4.59. The van der Waals surface area contributed by atoms with Gasteiger partial charge in [-0.1, -0.05) is 6.07 Å². The summed E-state index contributed by atoms with van der Waals surface area (Å²) in [6.45, 7) is 6.71. The van der Waals surface area contributed by atoms with E-state index in [1.165, 1.54) is 10.8 Å². The molecule has 0 spiro atoms. The third kappa shape index (κ3) is 2.63. The molecule has 0 bridgehead atoms. The van der Waals surface area contributed by atoms with Crippen LogP contribution in [0.2, 0.25) is 0 Å². The molecule has 0 fully saturated rings. The minimum absolute atomic E-state index is 0.465. The normalized spacial score (nSPS) is 12.9. The van der Waals surface area contributed by atoms with Crippen LogP contribution in [0.5, 0.6) is 0 Å². The van der Waals surface area contributed by atoms with Crippen molar-refractivity contribution in [1.82, 2.24) is 14.6 Å². The van der Waals surface area contributed by atoms with E-state index in [0.717, 1.165) is 0 Å². The van der Waals surface area contributed by atoms with Crippen LogP contribution < -0.4 is 5.59 Å². The Labute approximate surface area is 112 Å². The lowest BCUT2D eigenvalue weighted by atomic mass is 9.80. The molecule has 0 saturated heterocycles. The maximum Gasteiger partial charge on any atom is 0.511 e. The Hall–Kier alpha value is -1.44. The highest BCUT2D eigenvalue weighted by molar-refractivity contribution is 6.59. The number of hydrogen-bond donors (Lipinski definition) is 2. The van der Waals surface area contributed by atoms with Crippen LogP contribution in [-0.4, -0.2) is 43.0 Å². The summed E-state index contributed by atoms with van der Waals surface area (Å²) in [5, 5.41) is 24.3. The number of aromatic nitrogens is 3. The molecule has 0 saturated carbocycles. The molecule has 0 aliphatic carbocycles. The van der Waals surface area contributed by atoms with E-state index in [1.54, 1.807) is 45.9 Å². The van der Waals surface area contributed by atoms with Crippen molar-refractivity contribution in [2.45, 2.75) is 38.9 Å². The van der Waals surface area contributed by atoms with Crippen molar-refractivity contribution in [3.05, 3.63) is 24.5 Å². The molecule has 19 heavy (non-hydrogen) atoms. The largest absolute Gasteiger partial charge is 0.511 e. The van der Waals surface area contributed by atoms with Gasteiger partial charge < -0.3 is 14.8 Å². The van der Waals surface area contributed by atoms with Crippen LogP contribution in [0, 0.1) is 0 Å². The van der Waals surface area contributed by atoms with E-state index >= 15 is 0 Å². The van der Waals surface area contributed by atoms with Crippen LogP contribution in [0.3, 0.4) is 0 Å². The molecule has 2 aromatic heterocycles. The molecule has 0 amide bonds. The molecule has 2 aromatic rings. The topological polar surface area (TPSA) is 79.9 Å². The first-order chi connectivity index (χ1) is 8.72. The van der Waals surface area contributed by atoms with Crippen molar-refractivity contribution in [2.75, 3.05) is 0 Å². The molecule has 0 atom stereocenters. The Kier molecular flexibility index (Phi) is 3.38. The zero-order chi connectivity index (χ0) is 14.3. The Bertz CT molecular complexity index is 577. The van der Waals surface area contributed by atoms with Gasteiger partial charge >= 0.3 is 7.12 Å². The maximum absolute atomic E-state index is 10.2. The molecular formula is C12H18BN3O3. The summed E-state index contributed by atoms with van der Waals surface area (Å²) in [6, 6.07) is 5.25. The number of fused-ring (bicyclic) bond motifs is 1. The first-order valence-corrected chi connectivity index (χ1v) is 6.09. The highest BCUT2D eigenvalue weighted by atomic mass is 16.5. The fourth-order valence-electron chi connectivity index (χ4n) is 1.54. The lowest BCUT2D eigenvalue weighted by molar-refractivity contribution is -0.0983. The third-order valence-corrected chi connectivity index (χ3v) is 3.46. The van der Waals surface area contributed by atoms with Crippen molar-refractivity contribution < 1.29 is 14.8 Å². The van der Waals surface area contributed by atoms with Crippen molar-refractivity contribution in [2.24, 2.45) is 0 Å². The van der Waals surface area contributed by atoms with Crippen LogP contribution in [0.25, 0.3) is 5.65 Å². The summed E-state index contributed by atoms with van der Waals surface area (Å²) >= 11 is 0. The van der Waals surface area contributed by atoms with Gasteiger partial charge in [-0.15, -0.1) is 0 Å². The van der Waals surface area contributed by atoms with Crippen molar-refractivity contribution >= 4 is 18.4 Å². The van der Waals surface area contributed by atoms with E-state index in [4.69, 9.17) is 4.65 Å². The van der Waals surface area contributed by atoms with Crippen LogP contribution in [0.1, 0.15) is 27.7 Å². The number of nitrogens with zero attached hydrogens (tertiary/aromatic N) is 3. The summed E-state index contributed by atoms with van der Waals surface area (Å²) in [5.74, 6) is 0.